The van der Waals surface area contributed by atoms with Crippen molar-refractivity contribution in [2.45, 2.75) is 19.3 Å². The van der Waals surface area contributed by atoms with Gasteiger partial charge in [0.15, 0.2) is 11.6 Å². The van der Waals surface area contributed by atoms with E-state index in [1.54, 1.807) is 6.08 Å². The largest absolute Gasteiger partial charge is 0.508 e. The van der Waals surface area contributed by atoms with Crippen molar-refractivity contribution >= 4 is 5.97 Å². The fraction of sp³-hybridized carbons (Fsp3) is 0.250. The Kier molecular flexibility index (Phi) is 4.51. The van der Waals surface area contributed by atoms with Crippen LogP contribution in [0.2, 0.25) is 0 Å². The third-order valence-corrected chi connectivity index (χ3v) is 1.93. The third-order valence-electron chi connectivity index (χ3n) is 1.93. The van der Waals surface area contributed by atoms with Gasteiger partial charge < -0.3 is 9.84 Å². The molecule has 0 saturated carbocycles. The number of carbonyl (C=O) groups is 1. The number of phenols is 1. The van der Waals surface area contributed by atoms with Gasteiger partial charge in [-0.2, -0.15) is 0 Å². The van der Waals surface area contributed by atoms with E-state index in [-0.39, 0.29) is 17.9 Å². The van der Waals surface area contributed by atoms with Crippen molar-refractivity contribution < 1.29 is 19.0 Å². The lowest BCUT2D eigenvalue weighted by Gasteiger charge is -2.05. The zero-order valence-electron chi connectivity index (χ0n) is 8.78. The van der Waals surface area contributed by atoms with Gasteiger partial charge in [0.05, 0.1) is 0 Å². The molecule has 0 spiro atoms. The van der Waals surface area contributed by atoms with Gasteiger partial charge in [0, 0.05) is 12.5 Å². The molecule has 0 aliphatic rings. The standard InChI is InChI=1S/C12H13FO3/c1-2-3-4-5-12(15)16-11-8-9(14)6-7-10(11)13/h2,6-8,14H,1,3-5H2. The van der Waals surface area contributed by atoms with E-state index >= 15 is 0 Å². The lowest BCUT2D eigenvalue weighted by molar-refractivity contribution is -0.134. The van der Waals surface area contributed by atoms with Crippen molar-refractivity contribution in [3.63, 3.8) is 0 Å². The fourth-order valence-electron chi connectivity index (χ4n) is 1.13. The summed E-state index contributed by atoms with van der Waals surface area (Å²) in [6.07, 6.45) is 3.21. The highest BCUT2D eigenvalue weighted by Crippen LogP contribution is 2.22. The van der Waals surface area contributed by atoms with Gasteiger partial charge in [-0.15, -0.1) is 6.58 Å². The molecule has 4 heteroatoms. The fourth-order valence-corrected chi connectivity index (χ4v) is 1.13. The lowest BCUT2D eigenvalue weighted by Crippen LogP contribution is -2.08. The Morgan fingerprint density at radius 2 is 2.31 bits per heavy atom. The average Bonchev–Trinajstić information content (AvgIpc) is 2.24. The molecule has 1 aromatic carbocycles. The van der Waals surface area contributed by atoms with Crippen LogP contribution in [0.25, 0.3) is 0 Å². The molecule has 86 valence electrons. The van der Waals surface area contributed by atoms with Crippen molar-refractivity contribution in [2.75, 3.05) is 0 Å². The number of phenolic OH excluding ortho intramolecular Hbond substituents is 1. The molecule has 1 N–H and O–H groups in total. The predicted molar refractivity (Wildman–Crippen MR) is 57.7 cm³/mol. The first-order valence-corrected chi connectivity index (χ1v) is 4.93. The Hall–Kier alpha value is -1.84. The summed E-state index contributed by atoms with van der Waals surface area (Å²) in [4.78, 5) is 11.2. The van der Waals surface area contributed by atoms with Crippen LogP contribution in [0, 0.1) is 5.82 Å². The number of unbranched alkanes of at least 4 members (excludes halogenated alkanes) is 1. The molecule has 0 unspecified atom stereocenters. The molecule has 1 rings (SSSR count). The summed E-state index contributed by atoms with van der Waals surface area (Å²) >= 11 is 0. The maximum absolute atomic E-state index is 13.1. The molecule has 0 saturated heterocycles. The zero-order valence-corrected chi connectivity index (χ0v) is 8.78. The topological polar surface area (TPSA) is 46.5 Å². The van der Waals surface area contributed by atoms with E-state index in [2.05, 4.69) is 6.58 Å². The van der Waals surface area contributed by atoms with Crippen molar-refractivity contribution in [3.8, 4) is 11.5 Å². The number of esters is 1. The van der Waals surface area contributed by atoms with Gasteiger partial charge in [0.2, 0.25) is 0 Å². The van der Waals surface area contributed by atoms with Crippen LogP contribution in [0.1, 0.15) is 19.3 Å². The third kappa shape index (κ3) is 3.73. The van der Waals surface area contributed by atoms with Crippen LogP contribution in [-0.4, -0.2) is 11.1 Å². The first kappa shape index (κ1) is 12.2. The molecule has 0 radical (unpaired) electrons. The van der Waals surface area contributed by atoms with Gasteiger partial charge in [0.1, 0.15) is 5.75 Å². The van der Waals surface area contributed by atoms with E-state index in [1.165, 1.54) is 6.07 Å². The highest BCUT2D eigenvalue weighted by molar-refractivity contribution is 5.72. The summed E-state index contributed by atoms with van der Waals surface area (Å²) in [5.41, 5.74) is 0. The van der Waals surface area contributed by atoms with Crippen LogP contribution >= 0.6 is 0 Å². The molecular formula is C12H13FO3. The summed E-state index contributed by atoms with van der Waals surface area (Å²) in [5.74, 6) is -1.58. The van der Waals surface area contributed by atoms with E-state index in [1.807, 2.05) is 0 Å². The van der Waals surface area contributed by atoms with Gasteiger partial charge in [0.25, 0.3) is 0 Å². The molecule has 0 aliphatic heterocycles. The number of benzene rings is 1. The second kappa shape index (κ2) is 5.90. The van der Waals surface area contributed by atoms with Crippen LogP contribution in [-0.2, 0) is 4.79 Å². The monoisotopic (exact) mass is 224 g/mol. The highest BCUT2D eigenvalue weighted by Gasteiger charge is 2.09. The average molecular weight is 224 g/mol. The minimum absolute atomic E-state index is 0.143. The Morgan fingerprint density at radius 1 is 1.56 bits per heavy atom. The minimum Gasteiger partial charge on any atom is -0.508 e. The summed E-state index contributed by atoms with van der Waals surface area (Å²) in [5, 5.41) is 9.09. The van der Waals surface area contributed by atoms with Crippen LogP contribution in [0.5, 0.6) is 11.5 Å². The van der Waals surface area contributed by atoms with Gasteiger partial charge in [-0.1, -0.05) is 6.08 Å². The molecular weight excluding hydrogens is 211 g/mol. The summed E-state index contributed by atoms with van der Waals surface area (Å²) < 4.78 is 17.9. The zero-order chi connectivity index (χ0) is 12.0. The Bertz CT molecular complexity index is 388. The molecule has 0 atom stereocenters. The lowest BCUT2D eigenvalue weighted by atomic mass is 10.2. The molecule has 0 bridgehead atoms. The van der Waals surface area contributed by atoms with Gasteiger partial charge >= 0.3 is 5.97 Å². The molecule has 0 aromatic heterocycles. The Morgan fingerprint density at radius 3 is 3.00 bits per heavy atom. The van der Waals surface area contributed by atoms with E-state index in [4.69, 9.17) is 9.84 Å². The first-order chi connectivity index (χ1) is 7.63. The molecule has 0 amide bonds. The highest BCUT2D eigenvalue weighted by atomic mass is 19.1. The number of allylic oxidation sites excluding steroid dienone is 1. The number of aromatic hydroxyl groups is 1. The molecule has 0 fully saturated rings. The summed E-state index contributed by atoms with van der Waals surface area (Å²) in [6, 6.07) is 3.30. The predicted octanol–water partition coefficient (Wildman–Crippen LogP) is 2.79. The van der Waals surface area contributed by atoms with Crippen molar-refractivity contribution in [3.05, 3.63) is 36.7 Å². The number of hydrogen-bond acceptors (Lipinski definition) is 3. The normalized spacial score (nSPS) is 9.81. The number of halogens is 1. The molecule has 0 heterocycles. The number of ether oxygens (including phenoxy) is 1. The second-order valence-electron chi connectivity index (χ2n) is 3.27. The summed E-state index contributed by atoms with van der Waals surface area (Å²) in [6.45, 7) is 3.52. The van der Waals surface area contributed by atoms with E-state index in [0.29, 0.717) is 12.8 Å². The maximum Gasteiger partial charge on any atom is 0.311 e. The van der Waals surface area contributed by atoms with Gasteiger partial charge in [-0.05, 0) is 25.0 Å². The first-order valence-electron chi connectivity index (χ1n) is 4.93. The molecule has 1 aromatic rings. The van der Waals surface area contributed by atoms with Crippen molar-refractivity contribution in [1.82, 2.24) is 0 Å². The van der Waals surface area contributed by atoms with Crippen LogP contribution in [0.15, 0.2) is 30.9 Å². The molecule has 16 heavy (non-hydrogen) atoms. The number of rotatable bonds is 5. The second-order valence-corrected chi connectivity index (χ2v) is 3.27. The smallest absolute Gasteiger partial charge is 0.311 e. The Balaban J connectivity index is 2.55. The maximum atomic E-state index is 13.1. The van der Waals surface area contributed by atoms with Gasteiger partial charge in [-0.3, -0.25) is 4.79 Å². The number of carbonyl (C=O) groups excluding carboxylic acids is 1. The van der Waals surface area contributed by atoms with Crippen molar-refractivity contribution in [2.24, 2.45) is 0 Å². The van der Waals surface area contributed by atoms with Crippen LogP contribution in [0.4, 0.5) is 4.39 Å². The van der Waals surface area contributed by atoms with E-state index in [9.17, 15) is 9.18 Å². The van der Waals surface area contributed by atoms with E-state index < -0.39 is 11.8 Å². The SMILES string of the molecule is C=CCCCC(=O)Oc1cc(O)ccc1F. The van der Waals surface area contributed by atoms with E-state index in [0.717, 1.165) is 12.1 Å². The Labute approximate surface area is 93.2 Å². The van der Waals surface area contributed by atoms with Crippen LogP contribution in [0.3, 0.4) is 0 Å². The molecule has 3 nitrogen and oxygen atoms in total. The minimum atomic E-state index is -0.671. The van der Waals surface area contributed by atoms with Crippen molar-refractivity contribution in [1.29, 1.82) is 0 Å². The summed E-state index contributed by atoms with van der Waals surface area (Å²) in [7, 11) is 0. The quantitative estimate of drug-likeness (QED) is 0.362. The number of hydrogen-bond donors (Lipinski definition) is 1. The van der Waals surface area contributed by atoms with Crippen LogP contribution < -0.4 is 4.74 Å². The van der Waals surface area contributed by atoms with Gasteiger partial charge in [-0.25, -0.2) is 4.39 Å². The molecule has 0 aliphatic carbocycles.